The highest BCUT2D eigenvalue weighted by molar-refractivity contribution is 8.00. The summed E-state index contributed by atoms with van der Waals surface area (Å²) in [6.45, 7) is 1.92. The quantitative estimate of drug-likeness (QED) is 0.884. The van der Waals surface area contributed by atoms with E-state index in [0.29, 0.717) is 16.9 Å². The average Bonchev–Trinajstić information content (AvgIpc) is 2.63. The average molecular weight is 266 g/mol. The van der Waals surface area contributed by atoms with Crippen molar-refractivity contribution in [1.82, 2.24) is 0 Å². The van der Waals surface area contributed by atoms with Crippen molar-refractivity contribution in [3.05, 3.63) is 35.1 Å². The highest BCUT2D eigenvalue weighted by Gasteiger charge is 2.43. The SMILES string of the molecule is Cc1cc(F)ccc1CC1(O)CC2CCC(C1)S2. The Balaban J connectivity index is 1.79. The molecule has 0 aliphatic carbocycles. The molecule has 98 valence electrons. The van der Waals surface area contributed by atoms with E-state index in [2.05, 4.69) is 11.8 Å². The van der Waals surface area contributed by atoms with Crippen LogP contribution in [-0.2, 0) is 6.42 Å². The van der Waals surface area contributed by atoms with E-state index in [1.54, 1.807) is 6.07 Å². The number of benzene rings is 1. The second-order valence-electron chi connectivity index (χ2n) is 5.84. The summed E-state index contributed by atoms with van der Waals surface area (Å²) < 4.78 is 13.1. The van der Waals surface area contributed by atoms with Crippen LogP contribution in [-0.4, -0.2) is 21.2 Å². The monoisotopic (exact) mass is 266 g/mol. The van der Waals surface area contributed by atoms with Gasteiger partial charge in [0.2, 0.25) is 0 Å². The van der Waals surface area contributed by atoms with E-state index >= 15 is 0 Å². The molecule has 0 aromatic heterocycles. The summed E-state index contributed by atoms with van der Waals surface area (Å²) in [5.74, 6) is -0.192. The van der Waals surface area contributed by atoms with Gasteiger partial charge < -0.3 is 5.11 Å². The van der Waals surface area contributed by atoms with E-state index in [1.807, 2.05) is 13.0 Å². The minimum absolute atomic E-state index is 0.192. The smallest absolute Gasteiger partial charge is 0.123 e. The lowest BCUT2D eigenvalue weighted by atomic mass is 9.85. The molecule has 0 radical (unpaired) electrons. The topological polar surface area (TPSA) is 20.2 Å². The third-order valence-corrected chi connectivity index (χ3v) is 5.81. The predicted octanol–water partition coefficient (Wildman–Crippen LogP) is 3.47. The van der Waals surface area contributed by atoms with Gasteiger partial charge in [-0.15, -0.1) is 0 Å². The second-order valence-corrected chi connectivity index (χ2v) is 7.44. The van der Waals surface area contributed by atoms with Crippen LogP contribution >= 0.6 is 11.8 Å². The summed E-state index contributed by atoms with van der Waals surface area (Å²) >= 11 is 2.05. The fourth-order valence-corrected chi connectivity index (χ4v) is 5.27. The van der Waals surface area contributed by atoms with Gasteiger partial charge in [0.25, 0.3) is 0 Å². The van der Waals surface area contributed by atoms with Gasteiger partial charge in [-0.2, -0.15) is 11.8 Å². The highest BCUT2D eigenvalue weighted by atomic mass is 32.2. The zero-order valence-corrected chi connectivity index (χ0v) is 11.5. The van der Waals surface area contributed by atoms with Crippen molar-refractivity contribution in [3.63, 3.8) is 0 Å². The van der Waals surface area contributed by atoms with E-state index in [9.17, 15) is 9.50 Å². The van der Waals surface area contributed by atoms with Crippen LogP contribution in [0.3, 0.4) is 0 Å². The number of rotatable bonds is 2. The standard InChI is InChI=1S/C15H19FOS/c1-10-6-12(16)3-2-11(10)7-15(17)8-13-4-5-14(9-15)18-13/h2-3,6,13-14,17H,4-5,7-9H2,1H3. The van der Waals surface area contributed by atoms with Crippen LogP contribution in [0.25, 0.3) is 0 Å². The van der Waals surface area contributed by atoms with Gasteiger partial charge >= 0.3 is 0 Å². The summed E-state index contributed by atoms with van der Waals surface area (Å²) in [6.07, 6.45) is 4.96. The van der Waals surface area contributed by atoms with E-state index in [0.717, 1.165) is 24.0 Å². The van der Waals surface area contributed by atoms with Gasteiger partial charge in [-0.1, -0.05) is 6.07 Å². The minimum Gasteiger partial charge on any atom is -0.389 e. The molecule has 1 aromatic rings. The summed E-state index contributed by atoms with van der Waals surface area (Å²) in [5.41, 5.74) is 1.47. The molecule has 18 heavy (non-hydrogen) atoms. The van der Waals surface area contributed by atoms with Crippen LogP contribution in [0.15, 0.2) is 18.2 Å². The highest BCUT2D eigenvalue weighted by Crippen LogP contribution is 2.48. The van der Waals surface area contributed by atoms with Crippen LogP contribution in [0.2, 0.25) is 0 Å². The molecule has 1 nitrogen and oxygen atoms in total. The van der Waals surface area contributed by atoms with E-state index in [1.165, 1.54) is 18.9 Å². The number of aryl methyl sites for hydroxylation is 1. The zero-order valence-electron chi connectivity index (χ0n) is 10.7. The second kappa shape index (κ2) is 4.53. The number of halogens is 1. The van der Waals surface area contributed by atoms with Crippen molar-refractivity contribution in [2.45, 2.75) is 55.1 Å². The molecule has 2 fully saturated rings. The third kappa shape index (κ3) is 2.43. The molecule has 2 heterocycles. The van der Waals surface area contributed by atoms with E-state index < -0.39 is 5.60 Å². The van der Waals surface area contributed by atoms with Crippen LogP contribution in [0.1, 0.15) is 36.8 Å². The van der Waals surface area contributed by atoms with Crippen molar-refractivity contribution in [2.24, 2.45) is 0 Å². The van der Waals surface area contributed by atoms with Crippen molar-refractivity contribution in [1.29, 1.82) is 0 Å². The summed E-state index contributed by atoms with van der Waals surface area (Å²) in [5, 5.41) is 12.1. The molecule has 0 saturated carbocycles. The fraction of sp³-hybridized carbons (Fsp3) is 0.600. The molecule has 2 saturated heterocycles. The Morgan fingerprint density at radius 2 is 2.00 bits per heavy atom. The maximum absolute atomic E-state index is 13.1. The maximum atomic E-state index is 13.1. The molecule has 0 amide bonds. The van der Waals surface area contributed by atoms with E-state index in [4.69, 9.17) is 0 Å². The number of thioether (sulfide) groups is 1. The molecule has 3 rings (SSSR count). The van der Waals surface area contributed by atoms with Crippen LogP contribution in [0, 0.1) is 12.7 Å². The van der Waals surface area contributed by atoms with Crippen molar-refractivity contribution >= 4 is 11.8 Å². The Morgan fingerprint density at radius 3 is 2.61 bits per heavy atom. The molecule has 2 aliphatic heterocycles. The normalized spacial score (nSPS) is 34.8. The first kappa shape index (κ1) is 12.5. The summed E-state index contributed by atoms with van der Waals surface area (Å²) in [6, 6.07) is 4.88. The van der Waals surface area contributed by atoms with Gasteiger partial charge in [-0.05, 0) is 55.9 Å². The van der Waals surface area contributed by atoms with Crippen molar-refractivity contribution in [3.8, 4) is 0 Å². The van der Waals surface area contributed by atoms with Gasteiger partial charge in [0.15, 0.2) is 0 Å². The van der Waals surface area contributed by atoms with Gasteiger partial charge in [-0.25, -0.2) is 4.39 Å². The lowest BCUT2D eigenvalue weighted by Crippen LogP contribution is -2.39. The van der Waals surface area contributed by atoms with Gasteiger partial charge in [0.1, 0.15) is 5.82 Å². The molecule has 3 heteroatoms. The van der Waals surface area contributed by atoms with Gasteiger partial charge in [-0.3, -0.25) is 0 Å². The fourth-order valence-electron chi connectivity index (χ4n) is 3.37. The van der Waals surface area contributed by atoms with Crippen molar-refractivity contribution in [2.75, 3.05) is 0 Å². The zero-order chi connectivity index (χ0) is 12.8. The van der Waals surface area contributed by atoms with Gasteiger partial charge in [0, 0.05) is 16.9 Å². The molecular formula is C15H19FOS. The van der Waals surface area contributed by atoms with Crippen LogP contribution in [0.4, 0.5) is 4.39 Å². The third-order valence-electron chi connectivity index (χ3n) is 4.23. The first-order valence-corrected chi connectivity index (χ1v) is 7.61. The Kier molecular flexibility index (Phi) is 3.15. The summed E-state index contributed by atoms with van der Waals surface area (Å²) in [4.78, 5) is 0. The Bertz CT molecular complexity index is 448. The number of hydrogen-bond acceptors (Lipinski definition) is 2. The molecular weight excluding hydrogens is 247 g/mol. The molecule has 2 bridgehead atoms. The number of aliphatic hydroxyl groups is 1. The first-order valence-electron chi connectivity index (χ1n) is 6.67. The number of fused-ring (bicyclic) bond motifs is 2. The Morgan fingerprint density at radius 1 is 1.33 bits per heavy atom. The number of hydrogen-bond donors (Lipinski definition) is 1. The van der Waals surface area contributed by atoms with Gasteiger partial charge in [0.05, 0.1) is 5.60 Å². The lowest BCUT2D eigenvalue weighted by molar-refractivity contribution is 0.0240. The summed E-state index contributed by atoms with van der Waals surface area (Å²) in [7, 11) is 0. The first-order chi connectivity index (χ1) is 8.54. The molecule has 2 atom stereocenters. The molecule has 1 N–H and O–H groups in total. The predicted molar refractivity (Wildman–Crippen MR) is 73.4 cm³/mol. The van der Waals surface area contributed by atoms with Crippen LogP contribution in [0.5, 0.6) is 0 Å². The molecule has 2 aliphatic rings. The molecule has 1 aromatic carbocycles. The minimum atomic E-state index is -0.570. The van der Waals surface area contributed by atoms with Crippen LogP contribution < -0.4 is 0 Å². The Hall–Kier alpha value is -0.540. The van der Waals surface area contributed by atoms with E-state index in [-0.39, 0.29) is 5.82 Å². The Labute approximate surface area is 112 Å². The van der Waals surface area contributed by atoms with Crippen molar-refractivity contribution < 1.29 is 9.50 Å². The lowest BCUT2D eigenvalue weighted by Gasteiger charge is -2.36. The largest absolute Gasteiger partial charge is 0.389 e. The molecule has 0 spiro atoms. The molecule has 2 unspecified atom stereocenters. The maximum Gasteiger partial charge on any atom is 0.123 e.